The molecular weight excluding hydrogens is 342 g/mol. The Kier molecular flexibility index (Phi) is 11.1. The largest absolute Gasteiger partial charge is 0.372 e. The van der Waals surface area contributed by atoms with Crippen LogP contribution in [0.4, 0.5) is 5.69 Å². The second-order valence-electron chi connectivity index (χ2n) is 10.7. The van der Waals surface area contributed by atoms with Gasteiger partial charge in [0.25, 0.3) is 0 Å². The van der Waals surface area contributed by atoms with E-state index in [1.165, 1.54) is 88.8 Å². The monoisotopic (exact) mass is 391 g/mol. The van der Waals surface area contributed by atoms with Crippen LogP contribution in [0.25, 0.3) is 0 Å². The number of rotatable bonds is 15. The Balaban J connectivity index is 2.35. The quantitative estimate of drug-likeness (QED) is 0.288. The van der Waals surface area contributed by atoms with Crippen molar-refractivity contribution in [3.63, 3.8) is 0 Å². The van der Waals surface area contributed by atoms with Crippen LogP contribution in [0.1, 0.15) is 56.9 Å². The zero-order valence-electron chi connectivity index (χ0n) is 20.1. The zero-order valence-corrected chi connectivity index (χ0v) is 20.1. The Morgan fingerprint density at radius 3 is 1.36 bits per heavy atom. The minimum absolute atomic E-state index is 1.09. The van der Waals surface area contributed by atoms with Crippen LogP contribution < -0.4 is 4.90 Å². The van der Waals surface area contributed by atoms with Crippen molar-refractivity contribution in [2.24, 2.45) is 0 Å². The van der Waals surface area contributed by atoms with Gasteiger partial charge in [0.2, 0.25) is 0 Å². The van der Waals surface area contributed by atoms with Gasteiger partial charge in [0.1, 0.15) is 0 Å². The molecule has 1 rings (SSSR count). The van der Waals surface area contributed by atoms with Gasteiger partial charge in [-0.05, 0) is 57.6 Å². The molecule has 0 radical (unpaired) electrons. The third kappa shape index (κ3) is 13.2. The molecule has 0 fully saturated rings. The molecule has 0 aliphatic heterocycles. The molecule has 0 N–H and O–H groups in total. The molecule has 0 aromatic heterocycles. The lowest BCUT2D eigenvalue weighted by Gasteiger charge is -2.26. The molecule has 1 aromatic carbocycles. The summed E-state index contributed by atoms with van der Waals surface area (Å²) in [7, 11) is 13.7. The minimum Gasteiger partial charge on any atom is -0.372 e. The third-order valence-electron chi connectivity index (χ3n) is 5.41. The fourth-order valence-electron chi connectivity index (χ4n) is 3.61. The van der Waals surface area contributed by atoms with Crippen LogP contribution in [-0.4, -0.2) is 77.4 Å². The van der Waals surface area contributed by atoms with Crippen molar-refractivity contribution in [1.82, 2.24) is 0 Å². The van der Waals surface area contributed by atoms with Crippen LogP contribution in [0.2, 0.25) is 0 Å². The molecule has 0 bridgehead atoms. The van der Waals surface area contributed by atoms with Crippen LogP contribution in [0.3, 0.4) is 0 Å². The Bertz CT molecular complexity index is 482. The Morgan fingerprint density at radius 2 is 0.964 bits per heavy atom. The molecular formula is C25H49N3+2. The first-order chi connectivity index (χ1) is 13.1. The highest BCUT2D eigenvalue weighted by molar-refractivity contribution is 5.47. The highest BCUT2D eigenvalue weighted by Gasteiger charge is 2.09. The van der Waals surface area contributed by atoms with Gasteiger partial charge in [-0.2, -0.15) is 0 Å². The molecule has 0 aliphatic carbocycles. The Morgan fingerprint density at radius 1 is 0.571 bits per heavy atom. The molecule has 0 aliphatic rings. The molecule has 1 aromatic rings. The summed E-state index contributed by atoms with van der Waals surface area (Å²) in [6.07, 6.45) is 10.8. The van der Waals surface area contributed by atoms with Gasteiger partial charge >= 0.3 is 0 Å². The van der Waals surface area contributed by atoms with Gasteiger partial charge < -0.3 is 13.9 Å². The van der Waals surface area contributed by atoms with Crippen molar-refractivity contribution < 1.29 is 8.97 Å². The molecule has 0 amide bonds. The van der Waals surface area contributed by atoms with E-state index in [1.54, 1.807) is 0 Å². The van der Waals surface area contributed by atoms with Crippen molar-refractivity contribution in [2.45, 2.75) is 58.3 Å². The summed E-state index contributed by atoms with van der Waals surface area (Å²) in [5, 5.41) is 0. The summed E-state index contributed by atoms with van der Waals surface area (Å²) >= 11 is 0. The number of hydrogen-bond donors (Lipinski definition) is 0. The second kappa shape index (κ2) is 12.5. The van der Waals surface area contributed by atoms with Crippen molar-refractivity contribution in [1.29, 1.82) is 0 Å². The van der Waals surface area contributed by atoms with E-state index < -0.39 is 0 Å². The normalized spacial score (nSPS) is 12.4. The molecule has 3 heteroatoms. The predicted octanol–water partition coefficient (Wildman–Crippen LogP) is 5.33. The molecule has 0 spiro atoms. The number of anilines is 1. The predicted molar refractivity (Wildman–Crippen MR) is 126 cm³/mol. The SMILES string of the molecule is Cc1ccc(N(CCCCCC[N+](C)(C)C)CCCCCC[N+](C)(C)C)cc1. The number of benzene rings is 1. The van der Waals surface area contributed by atoms with Gasteiger partial charge in [-0.15, -0.1) is 0 Å². The van der Waals surface area contributed by atoms with Gasteiger partial charge in [-0.1, -0.05) is 30.5 Å². The fraction of sp³-hybridized carbons (Fsp3) is 0.760. The molecule has 3 nitrogen and oxygen atoms in total. The minimum atomic E-state index is 1.09. The standard InChI is InChI=1S/C25H49N3/c1-24-16-18-25(19-17-24)26(20-12-8-10-14-22-27(2,3)4)21-13-9-11-15-23-28(5,6)7/h16-19H,8-15,20-23H2,1-7H3/q+2. The van der Waals surface area contributed by atoms with Gasteiger partial charge in [0.05, 0.1) is 55.4 Å². The number of unbranched alkanes of at least 4 members (excludes halogenated alkanes) is 6. The first-order valence-electron chi connectivity index (χ1n) is 11.5. The molecule has 28 heavy (non-hydrogen) atoms. The van der Waals surface area contributed by atoms with Crippen LogP contribution >= 0.6 is 0 Å². The van der Waals surface area contributed by atoms with Crippen molar-refractivity contribution in [3.05, 3.63) is 29.8 Å². The average molecular weight is 392 g/mol. The van der Waals surface area contributed by atoms with Crippen LogP contribution in [0, 0.1) is 6.92 Å². The zero-order chi connectivity index (χ0) is 21.0. The number of quaternary nitrogens is 2. The molecule has 0 saturated heterocycles. The van der Waals surface area contributed by atoms with Crippen molar-refractivity contribution >= 4 is 5.69 Å². The maximum absolute atomic E-state index is 2.62. The van der Waals surface area contributed by atoms with E-state index in [9.17, 15) is 0 Å². The van der Waals surface area contributed by atoms with E-state index in [4.69, 9.17) is 0 Å². The smallest absolute Gasteiger partial charge is 0.0780 e. The van der Waals surface area contributed by atoms with Crippen LogP contribution in [-0.2, 0) is 0 Å². The summed E-state index contributed by atoms with van der Waals surface area (Å²) in [5.41, 5.74) is 2.76. The maximum Gasteiger partial charge on any atom is 0.0780 e. The van der Waals surface area contributed by atoms with Gasteiger partial charge in [-0.25, -0.2) is 0 Å². The van der Waals surface area contributed by atoms with Crippen molar-refractivity contribution in [2.75, 3.05) is 73.4 Å². The summed E-state index contributed by atoms with van der Waals surface area (Å²) in [4.78, 5) is 2.62. The van der Waals surface area contributed by atoms with Gasteiger partial charge in [0.15, 0.2) is 0 Å². The van der Waals surface area contributed by atoms with E-state index in [-0.39, 0.29) is 0 Å². The molecule has 0 heterocycles. The topological polar surface area (TPSA) is 3.24 Å². The van der Waals surface area contributed by atoms with E-state index >= 15 is 0 Å². The molecule has 0 atom stereocenters. The number of nitrogens with zero attached hydrogens (tertiary/aromatic N) is 3. The molecule has 0 saturated carbocycles. The lowest BCUT2D eigenvalue weighted by Crippen LogP contribution is -2.35. The van der Waals surface area contributed by atoms with E-state index in [2.05, 4.69) is 78.4 Å². The summed E-state index contributed by atoms with van der Waals surface area (Å²) < 4.78 is 2.17. The van der Waals surface area contributed by atoms with E-state index in [1.807, 2.05) is 0 Å². The van der Waals surface area contributed by atoms with Crippen LogP contribution in [0.15, 0.2) is 24.3 Å². The second-order valence-corrected chi connectivity index (χ2v) is 10.7. The molecule has 162 valence electrons. The number of aryl methyl sites for hydroxylation is 1. The highest BCUT2D eigenvalue weighted by atomic mass is 15.3. The average Bonchev–Trinajstić information content (AvgIpc) is 2.58. The Hall–Kier alpha value is -1.06. The first kappa shape index (κ1) is 25.0. The maximum atomic E-state index is 2.62. The Labute approximate surface area is 176 Å². The van der Waals surface area contributed by atoms with E-state index in [0.717, 1.165) is 8.97 Å². The number of hydrogen-bond acceptors (Lipinski definition) is 1. The lowest BCUT2D eigenvalue weighted by atomic mass is 10.1. The third-order valence-corrected chi connectivity index (χ3v) is 5.41. The summed E-state index contributed by atoms with van der Waals surface area (Å²) in [6, 6.07) is 9.13. The summed E-state index contributed by atoms with van der Waals surface area (Å²) in [6.45, 7) is 7.15. The van der Waals surface area contributed by atoms with Crippen molar-refractivity contribution in [3.8, 4) is 0 Å². The van der Waals surface area contributed by atoms with Crippen LogP contribution in [0.5, 0.6) is 0 Å². The molecule has 0 unspecified atom stereocenters. The fourth-order valence-corrected chi connectivity index (χ4v) is 3.61. The van der Waals surface area contributed by atoms with Gasteiger partial charge in [0, 0.05) is 18.8 Å². The van der Waals surface area contributed by atoms with E-state index in [0.29, 0.717) is 0 Å². The highest BCUT2D eigenvalue weighted by Crippen LogP contribution is 2.18. The lowest BCUT2D eigenvalue weighted by molar-refractivity contribution is -0.870. The summed E-state index contributed by atoms with van der Waals surface area (Å²) in [5.74, 6) is 0. The first-order valence-corrected chi connectivity index (χ1v) is 11.5. The van der Waals surface area contributed by atoms with Gasteiger partial charge in [-0.3, -0.25) is 0 Å².